The van der Waals surface area contributed by atoms with Crippen LogP contribution in [0.15, 0.2) is 0 Å². The standard InChI is InChI=1S/C10H17NO5/c1-10(2,15-3)9(14)11-7-5-16-4-6(7)8(12)13/h6-7H,4-5H2,1-3H3,(H,11,14)(H,12,13). The van der Waals surface area contributed by atoms with E-state index in [9.17, 15) is 9.59 Å². The van der Waals surface area contributed by atoms with E-state index in [2.05, 4.69) is 5.32 Å². The molecule has 2 atom stereocenters. The molecule has 0 saturated carbocycles. The maximum Gasteiger partial charge on any atom is 0.311 e. The molecule has 6 nitrogen and oxygen atoms in total. The van der Waals surface area contributed by atoms with Crippen LogP contribution in [0.2, 0.25) is 0 Å². The van der Waals surface area contributed by atoms with Crippen molar-refractivity contribution in [2.75, 3.05) is 20.3 Å². The molecule has 1 heterocycles. The highest BCUT2D eigenvalue weighted by molar-refractivity contribution is 5.85. The van der Waals surface area contributed by atoms with Crippen molar-refractivity contribution in [3.8, 4) is 0 Å². The lowest BCUT2D eigenvalue weighted by molar-refractivity contribution is -0.144. The van der Waals surface area contributed by atoms with E-state index in [4.69, 9.17) is 14.6 Å². The van der Waals surface area contributed by atoms with Gasteiger partial charge in [-0.25, -0.2) is 0 Å². The van der Waals surface area contributed by atoms with Gasteiger partial charge in [0.1, 0.15) is 11.5 Å². The fourth-order valence-electron chi connectivity index (χ4n) is 1.37. The molecule has 0 aromatic rings. The van der Waals surface area contributed by atoms with E-state index in [-0.39, 0.29) is 19.1 Å². The van der Waals surface area contributed by atoms with Gasteiger partial charge in [-0.15, -0.1) is 0 Å². The Morgan fingerprint density at radius 3 is 2.56 bits per heavy atom. The van der Waals surface area contributed by atoms with Crippen molar-refractivity contribution in [2.45, 2.75) is 25.5 Å². The zero-order chi connectivity index (χ0) is 12.3. The van der Waals surface area contributed by atoms with Crippen molar-refractivity contribution in [1.29, 1.82) is 0 Å². The monoisotopic (exact) mass is 231 g/mol. The predicted molar refractivity (Wildman–Crippen MR) is 55.0 cm³/mol. The van der Waals surface area contributed by atoms with E-state index >= 15 is 0 Å². The van der Waals surface area contributed by atoms with Crippen molar-refractivity contribution in [3.05, 3.63) is 0 Å². The zero-order valence-corrected chi connectivity index (χ0v) is 9.65. The third-order valence-corrected chi connectivity index (χ3v) is 2.77. The summed E-state index contributed by atoms with van der Waals surface area (Å²) < 4.78 is 10.0. The SMILES string of the molecule is COC(C)(C)C(=O)NC1COCC1C(=O)O. The van der Waals surface area contributed by atoms with Gasteiger partial charge in [0.2, 0.25) is 0 Å². The average Bonchev–Trinajstić information content (AvgIpc) is 2.65. The molecular weight excluding hydrogens is 214 g/mol. The van der Waals surface area contributed by atoms with Crippen LogP contribution in [0.25, 0.3) is 0 Å². The predicted octanol–water partition coefficient (Wildman–Crippen LogP) is -0.373. The van der Waals surface area contributed by atoms with E-state index in [0.29, 0.717) is 0 Å². The van der Waals surface area contributed by atoms with Gasteiger partial charge in [0.05, 0.1) is 19.3 Å². The van der Waals surface area contributed by atoms with Crippen molar-refractivity contribution in [2.24, 2.45) is 5.92 Å². The van der Waals surface area contributed by atoms with Gasteiger partial charge in [0.15, 0.2) is 0 Å². The number of carbonyl (C=O) groups excluding carboxylic acids is 1. The molecule has 1 rings (SSSR count). The highest BCUT2D eigenvalue weighted by Gasteiger charge is 2.38. The van der Waals surface area contributed by atoms with Crippen LogP contribution < -0.4 is 5.32 Å². The quantitative estimate of drug-likeness (QED) is 0.689. The molecular formula is C10H17NO5. The summed E-state index contributed by atoms with van der Waals surface area (Å²) in [5, 5.41) is 11.5. The fourth-order valence-corrected chi connectivity index (χ4v) is 1.37. The Balaban J connectivity index is 2.60. The third-order valence-electron chi connectivity index (χ3n) is 2.77. The molecule has 0 aromatic heterocycles. The number of aliphatic carboxylic acids is 1. The number of amides is 1. The minimum Gasteiger partial charge on any atom is -0.481 e. The Kier molecular flexibility index (Phi) is 3.88. The molecule has 0 aliphatic carbocycles. The van der Waals surface area contributed by atoms with E-state index in [1.54, 1.807) is 13.8 Å². The van der Waals surface area contributed by atoms with Crippen LogP contribution >= 0.6 is 0 Å². The van der Waals surface area contributed by atoms with Gasteiger partial charge in [-0.1, -0.05) is 0 Å². The fraction of sp³-hybridized carbons (Fsp3) is 0.800. The van der Waals surface area contributed by atoms with Crippen LogP contribution in [-0.4, -0.2) is 48.9 Å². The number of rotatable bonds is 4. The van der Waals surface area contributed by atoms with Crippen LogP contribution in [-0.2, 0) is 19.1 Å². The lowest BCUT2D eigenvalue weighted by Crippen LogP contribution is -2.51. The maximum absolute atomic E-state index is 11.7. The molecule has 1 aliphatic rings. The van der Waals surface area contributed by atoms with Crippen molar-refractivity contribution < 1.29 is 24.2 Å². The summed E-state index contributed by atoms with van der Waals surface area (Å²) in [7, 11) is 1.43. The second-order valence-electron chi connectivity index (χ2n) is 4.28. The van der Waals surface area contributed by atoms with Gasteiger partial charge >= 0.3 is 5.97 Å². The van der Waals surface area contributed by atoms with E-state index in [1.807, 2.05) is 0 Å². The first-order valence-electron chi connectivity index (χ1n) is 5.05. The maximum atomic E-state index is 11.7. The lowest BCUT2D eigenvalue weighted by atomic mass is 10.0. The van der Waals surface area contributed by atoms with Gasteiger partial charge in [0.25, 0.3) is 5.91 Å². The van der Waals surface area contributed by atoms with Crippen LogP contribution in [0.3, 0.4) is 0 Å². The summed E-state index contributed by atoms with van der Waals surface area (Å²) in [6.07, 6.45) is 0. The minimum atomic E-state index is -0.967. The molecule has 6 heteroatoms. The van der Waals surface area contributed by atoms with Gasteiger partial charge < -0.3 is 19.9 Å². The Labute approximate surface area is 93.9 Å². The number of carbonyl (C=O) groups is 2. The molecule has 1 fully saturated rings. The minimum absolute atomic E-state index is 0.133. The van der Waals surface area contributed by atoms with Crippen LogP contribution in [0.1, 0.15) is 13.8 Å². The summed E-state index contributed by atoms with van der Waals surface area (Å²) in [6, 6.07) is -0.487. The summed E-state index contributed by atoms with van der Waals surface area (Å²) in [5.74, 6) is -1.98. The normalized spacial score (nSPS) is 25.4. The number of methoxy groups -OCH3 is 1. The number of carboxylic acids is 1. The van der Waals surface area contributed by atoms with Crippen LogP contribution in [0, 0.1) is 5.92 Å². The van der Waals surface area contributed by atoms with Crippen molar-refractivity contribution in [3.63, 3.8) is 0 Å². The molecule has 0 bridgehead atoms. The number of hydrogen-bond donors (Lipinski definition) is 2. The molecule has 92 valence electrons. The Morgan fingerprint density at radius 1 is 1.44 bits per heavy atom. The van der Waals surface area contributed by atoms with Crippen molar-refractivity contribution >= 4 is 11.9 Å². The first-order chi connectivity index (χ1) is 7.38. The molecule has 1 amide bonds. The van der Waals surface area contributed by atoms with Gasteiger partial charge in [0, 0.05) is 7.11 Å². The van der Waals surface area contributed by atoms with E-state index in [0.717, 1.165) is 0 Å². The van der Waals surface area contributed by atoms with Gasteiger partial charge in [-0.2, -0.15) is 0 Å². The van der Waals surface area contributed by atoms with Crippen LogP contribution in [0.5, 0.6) is 0 Å². The Hall–Kier alpha value is -1.14. The highest BCUT2D eigenvalue weighted by atomic mass is 16.5. The Morgan fingerprint density at radius 2 is 2.06 bits per heavy atom. The first-order valence-corrected chi connectivity index (χ1v) is 5.05. The molecule has 0 spiro atoms. The first kappa shape index (κ1) is 12.9. The van der Waals surface area contributed by atoms with Gasteiger partial charge in [-0.3, -0.25) is 9.59 Å². The average molecular weight is 231 g/mol. The third kappa shape index (κ3) is 2.70. The topological polar surface area (TPSA) is 84.9 Å². The molecule has 16 heavy (non-hydrogen) atoms. The van der Waals surface area contributed by atoms with Gasteiger partial charge in [-0.05, 0) is 13.8 Å². The van der Waals surface area contributed by atoms with E-state index in [1.165, 1.54) is 7.11 Å². The smallest absolute Gasteiger partial charge is 0.311 e. The highest BCUT2D eigenvalue weighted by Crippen LogP contribution is 2.16. The molecule has 1 aliphatic heterocycles. The molecule has 1 saturated heterocycles. The second-order valence-corrected chi connectivity index (χ2v) is 4.28. The zero-order valence-electron chi connectivity index (χ0n) is 9.65. The second kappa shape index (κ2) is 4.80. The number of ether oxygens (including phenoxy) is 2. The summed E-state index contributed by atoms with van der Waals surface area (Å²) >= 11 is 0. The Bertz CT molecular complexity index is 289. The lowest BCUT2D eigenvalue weighted by Gasteiger charge is -2.25. The molecule has 0 aromatic carbocycles. The number of nitrogens with one attached hydrogen (secondary N) is 1. The molecule has 2 N–H and O–H groups in total. The summed E-state index contributed by atoms with van der Waals surface area (Å²) in [4.78, 5) is 22.6. The van der Waals surface area contributed by atoms with E-state index < -0.39 is 23.5 Å². The largest absolute Gasteiger partial charge is 0.481 e. The molecule has 0 radical (unpaired) electrons. The van der Waals surface area contributed by atoms with Crippen LogP contribution in [0.4, 0.5) is 0 Å². The van der Waals surface area contributed by atoms with Crippen molar-refractivity contribution in [1.82, 2.24) is 5.32 Å². The summed E-state index contributed by atoms with van der Waals surface area (Å²) in [6.45, 7) is 3.60. The molecule has 2 unspecified atom stereocenters. The summed E-state index contributed by atoms with van der Waals surface area (Å²) in [5.41, 5.74) is -0.967. The number of hydrogen-bond acceptors (Lipinski definition) is 4. The number of carboxylic acid groups (broad SMARTS) is 1.